The average molecular weight is 273 g/mol. The van der Waals surface area contributed by atoms with Crippen molar-refractivity contribution in [3.8, 4) is 0 Å². The smallest absolute Gasteiger partial charge is 0.423 e. The third-order valence-corrected chi connectivity index (χ3v) is 3.24. The highest BCUT2D eigenvalue weighted by molar-refractivity contribution is 6.58. The lowest BCUT2D eigenvalue weighted by Gasteiger charge is -2.23. The van der Waals surface area contributed by atoms with E-state index in [0.29, 0.717) is 12.1 Å². The molecule has 2 aromatic rings. The van der Waals surface area contributed by atoms with E-state index >= 15 is 0 Å². The van der Waals surface area contributed by atoms with Crippen LogP contribution in [-0.4, -0.2) is 23.7 Å². The molecular formula is C15H17BFNO2. The van der Waals surface area contributed by atoms with Gasteiger partial charge in [0.1, 0.15) is 5.82 Å². The lowest BCUT2D eigenvalue weighted by atomic mass is 9.80. The molecule has 0 heterocycles. The Morgan fingerprint density at radius 1 is 1.10 bits per heavy atom. The van der Waals surface area contributed by atoms with Gasteiger partial charge in [0.25, 0.3) is 0 Å². The summed E-state index contributed by atoms with van der Waals surface area (Å²) in [7, 11) is -1.64. The molecule has 20 heavy (non-hydrogen) atoms. The van der Waals surface area contributed by atoms with E-state index in [2.05, 4.69) is 0 Å². The number of anilines is 1. The quantitative estimate of drug-likeness (QED) is 0.812. The maximum Gasteiger partial charge on any atom is 0.488 e. The molecule has 0 saturated heterocycles. The minimum atomic E-state index is -1.64. The monoisotopic (exact) mass is 273 g/mol. The molecule has 3 nitrogen and oxygen atoms in total. The molecular weight excluding hydrogens is 256 g/mol. The fraction of sp³-hybridized carbons (Fsp3) is 0.200. The van der Waals surface area contributed by atoms with Crippen molar-refractivity contribution in [2.75, 3.05) is 11.4 Å². The molecule has 0 atom stereocenters. The summed E-state index contributed by atoms with van der Waals surface area (Å²) in [4.78, 5) is 2.05. The summed E-state index contributed by atoms with van der Waals surface area (Å²) in [5.41, 5.74) is 1.72. The van der Waals surface area contributed by atoms with Gasteiger partial charge in [-0.3, -0.25) is 0 Å². The summed E-state index contributed by atoms with van der Waals surface area (Å²) in [6, 6.07) is 14.1. The van der Waals surface area contributed by atoms with Crippen molar-refractivity contribution in [1.82, 2.24) is 0 Å². The Bertz CT molecular complexity index is 563. The van der Waals surface area contributed by atoms with E-state index in [1.807, 2.05) is 42.2 Å². The summed E-state index contributed by atoms with van der Waals surface area (Å²) in [5.74, 6) is -0.426. The van der Waals surface area contributed by atoms with Crippen LogP contribution in [0.4, 0.5) is 10.1 Å². The minimum absolute atomic E-state index is 0.161. The molecule has 0 amide bonds. The highest BCUT2D eigenvalue weighted by atomic mass is 19.1. The first-order chi connectivity index (χ1) is 9.61. The van der Waals surface area contributed by atoms with E-state index < -0.39 is 12.9 Å². The van der Waals surface area contributed by atoms with Gasteiger partial charge in [0.2, 0.25) is 0 Å². The van der Waals surface area contributed by atoms with Gasteiger partial charge in [0.15, 0.2) is 0 Å². The normalized spacial score (nSPS) is 10.4. The first-order valence-electron chi connectivity index (χ1n) is 6.56. The molecule has 104 valence electrons. The topological polar surface area (TPSA) is 43.7 Å². The Hall–Kier alpha value is -1.85. The Morgan fingerprint density at radius 3 is 2.35 bits per heavy atom. The lowest BCUT2D eigenvalue weighted by Crippen LogP contribution is -2.31. The molecule has 0 aliphatic heterocycles. The average Bonchev–Trinajstić information content (AvgIpc) is 2.46. The van der Waals surface area contributed by atoms with Crippen LogP contribution in [0.15, 0.2) is 48.5 Å². The van der Waals surface area contributed by atoms with E-state index in [9.17, 15) is 4.39 Å². The van der Waals surface area contributed by atoms with Crippen LogP contribution in [0.3, 0.4) is 0 Å². The molecule has 0 aliphatic carbocycles. The zero-order valence-electron chi connectivity index (χ0n) is 11.3. The van der Waals surface area contributed by atoms with Crippen LogP contribution in [-0.2, 0) is 6.54 Å². The maximum atomic E-state index is 14.0. The maximum absolute atomic E-state index is 14.0. The minimum Gasteiger partial charge on any atom is -0.423 e. The van der Waals surface area contributed by atoms with Crippen molar-refractivity contribution in [2.24, 2.45) is 0 Å². The number of hydrogen-bond donors (Lipinski definition) is 2. The molecule has 0 fully saturated rings. The molecule has 2 aromatic carbocycles. The van der Waals surface area contributed by atoms with Gasteiger partial charge in [-0.05, 0) is 30.6 Å². The Kier molecular flexibility index (Phi) is 4.77. The van der Waals surface area contributed by atoms with Crippen molar-refractivity contribution < 1.29 is 14.4 Å². The molecule has 2 N–H and O–H groups in total. The number of benzene rings is 2. The van der Waals surface area contributed by atoms with Crippen LogP contribution < -0.4 is 10.4 Å². The third kappa shape index (κ3) is 3.38. The molecule has 2 rings (SSSR count). The summed E-state index contributed by atoms with van der Waals surface area (Å²) >= 11 is 0. The second-order valence-corrected chi connectivity index (χ2v) is 4.57. The largest absolute Gasteiger partial charge is 0.488 e. The molecule has 0 radical (unpaired) electrons. The molecule has 0 bridgehead atoms. The molecule has 5 heteroatoms. The number of nitrogens with zero attached hydrogens (tertiary/aromatic N) is 1. The summed E-state index contributed by atoms with van der Waals surface area (Å²) in [6.45, 7) is 3.21. The van der Waals surface area contributed by atoms with Crippen molar-refractivity contribution in [3.05, 3.63) is 59.9 Å². The van der Waals surface area contributed by atoms with Crippen molar-refractivity contribution in [3.63, 3.8) is 0 Å². The Labute approximate surface area is 118 Å². The van der Waals surface area contributed by atoms with E-state index in [-0.39, 0.29) is 5.46 Å². The molecule has 0 saturated carbocycles. The van der Waals surface area contributed by atoms with Crippen LogP contribution in [0.1, 0.15) is 12.5 Å². The van der Waals surface area contributed by atoms with Gasteiger partial charge in [-0.2, -0.15) is 0 Å². The SMILES string of the molecule is CCN(Cc1ccc(B(O)O)cc1F)c1ccccc1. The van der Waals surface area contributed by atoms with Gasteiger partial charge >= 0.3 is 7.12 Å². The second kappa shape index (κ2) is 6.54. The standard InChI is InChI=1S/C15H17BFNO2/c1-2-18(14-6-4-3-5-7-14)11-12-8-9-13(16(19)20)10-15(12)17/h3-10,19-20H,2,11H2,1H3. The van der Waals surface area contributed by atoms with Crippen molar-refractivity contribution >= 4 is 18.3 Å². The van der Waals surface area contributed by atoms with E-state index in [1.54, 1.807) is 6.07 Å². The van der Waals surface area contributed by atoms with Crippen LogP contribution >= 0.6 is 0 Å². The van der Waals surface area contributed by atoms with Gasteiger partial charge in [0, 0.05) is 24.3 Å². The zero-order chi connectivity index (χ0) is 14.5. The van der Waals surface area contributed by atoms with Gasteiger partial charge in [-0.15, -0.1) is 0 Å². The van der Waals surface area contributed by atoms with Gasteiger partial charge in [0.05, 0.1) is 0 Å². The number of hydrogen-bond acceptors (Lipinski definition) is 3. The summed E-state index contributed by atoms with van der Waals surface area (Å²) in [5, 5.41) is 18.0. The first-order valence-corrected chi connectivity index (χ1v) is 6.56. The highest BCUT2D eigenvalue weighted by Crippen LogP contribution is 2.17. The van der Waals surface area contributed by atoms with Crippen molar-refractivity contribution in [1.29, 1.82) is 0 Å². The fourth-order valence-corrected chi connectivity index (χ4v) is 2.08. The lowest BCUT2D eigenvalue weighted by molar-refractivity contribution is 0.425. The molecule has 0 unspecified atom stereocenters. The van der Waals surface area contributed by atoms with Crippen LogP contribution in [0.5, 0.6) is 0 Å². The predicted octanol–water partition coefficient (Wildman–Crippen LogP) is 1.53. The van der Waals surface area contributed by atoms with Crippen molar-refractivity contribution in [2.45, 2.75) is 13.5 Å². The van der Waals surface area contributed by atoms with Gasteiger partial charge in [-0.1, -0.05) is 30.3 Å². The highest BCUT2D eigenvalue weighted by Gasteiger charge is 2.15. The number of para-hydroxylation sites is 1. The van der Waals surface area contributed by atoms with E-state index in [0.717, 1.165) is 12.2 Å². The number of rotatable bonds is 5. The zero-order valence-corrected chi connectivity index (χ0v) is 11.3. The van der Waals surface area contributed by atoms with Crippen LogP contribution in [0, 0.1) is 5.82 Å². The van der Waals surface area contributed by atoms with Crippen LogP contribution in [0.25, 0.3) is 0 Å². The third-order valence-electron chi connectivity index (χ3n) is 3.24. The van der Waals surface area contributed by atoms with Gasteiger partial charge < -0.3 is 14.9 Å². The first kappa shape index (κ1) is 14.6. The van der Waals surface area contributed by atoms with E-state index in [1.165, 1.54) is 12.1 Å². The van der Waals surface area contributed by atoms with E-state index in [4.69, 9.17) is 10.0 Å². The predicted molar refractivity (Wildman–Crippen MR) is 79.4 cm³/mol. The summed E-state index contributed by atoms with van der Waals surface area (Å²) < 4.78 is 14.0. The molecule has 0 aliphatic rings. The summed E-state index contributed by atoms with van der Waals surface area (Å²) in [6.07, 6.45) is 0. The Balaban J connectivity index is 2.20. The Morgan fingerprint density at radius 2 is 1.80 bits per heavy atom. The fourth-order valence-electron chi connectivity index (χ4n) is 2.08. The second-order valence-electron chi connectivity index (χ2n) is 4.57. The van der Waals surface area contributed by atoms with Crippen LogP contribution in [0.2, 0.25) is 0 Å². The number of halogens is 1. The molecule has 0 aromatic heterocycles. The van der Waals surface area contributed by atoms with Gasteiger partial charge in [-0.25, -0.2) is 4.39 Å². The molecule has 0 spiro atoms.